The predicted octanol–water partition coefficient (Wildman–Crippen LogP) is 3.18. The minimum absolute atomic E-state index is 0.0760. The van der Waals surface area contributed by atoms with Gasteiger partial charge in [0.25, 0.3) is 5.56 Å². The number of carbonyl (C=O) groups is 1. The van der Waals surface area contributed by atoms with E-state index in [2.05, 4.69) is 39.3 Å². The number of piperazine rings is 1. The number of anilines is 4. The van der Waals surface area contributed by atoms with Gasteiger partial charge in [-0.15, -0.1) is 0 Å². The Hall–Kier alpha value is -4.51. The van der Waals surface area contributed by atoms with Crippen LogP contribution in [0.2, 0.25) is 0 Å². The third-order valence-corrected chi connectivity index (χ3v) is 7.46. The van der Waals surface area contributed by atoms with Crippen molar-refractivity contribution in [3.63, 3.8) is 0 Å². The van der Waals surface area contributed by atoms with Crippen molar-refractivity contribution in [2.45, 2.75) is 26.3 Å². The summed E-state index contributed by atoms with van der Waals surface area (Å²) < 4.78 is 3.32. The Morgan fingerprint density at radius 3 is 2.48 bits per heavy atom. The van der Waals surface area contributed by atoms with Crippen molar-refractivity contribution in [2.75, 3.05) is 54.9 Å². The molecular weight excluding hydrogens is 506 g/mol. The Kier molecular flexibility index (Phi) is 7.04. The summed E-state index contributed by atoms with van der Waals surface area (Å²) in [5.74, 6) is 1.35. The van der Waals surface area contributed by atoms with E-state index in [1.165, 1.54) is 5.69 Å². The van der Waals surface area contributed by atoms with Gasteiger partial charge in [0.15, 0.2) is 11.5 Å². The fourth-order valence-corrected chi connectivity index (χ4v) is 5.21. The zero-order valence-corrected chi connectivity index (χ0v) is 22.8. The highest BCUT2D eigenvalue weighted by molar-refractivity contribution is 5.90. The topological polar surface area (TPSA) is 104 Å². The largest absolute Gasteiger partial charge is 0.369 e. The van der Waals surface area contributed by atoms with Crippen LogP contribution >= 0.6 is 0 Å². The molecule has 2 bridgehead atoms. The SMILES string of the molecule is CC(=O)N1CCC/C=C/Cn2c(=O)c3cnc(Nc4ccc(N5CCN(C)CC5)cc4)nc3n2-c2cccc1n2. The minimum Gasteiger partial charge on any atom is -0.369 e. The van der Waals surface area contributed by atoms with Crippen LogP contribution in [0.5, 0.6) is 0 Å². The van der Waals surface area contributed by atoms with Crippen molar-refractivity contribution in [1.29, 1.82) is 0 Å². The summed E-state index contributed by atoms with van der Waals surface area (Å²) in [7, 11) is 2.15. The van der Waals surface area contributed by atoms with E-state index in [0.717, 1.165) is 44.7 Å². The van der Waals surface area contributed by atoms with Gasteiger partial charge in [0.2, 0.25) is 11.9 Å². The molecule has 40 heavy (non-hydrogen) atoms. The maximum absolute atomic E-state index is 13.4. The van der Waals surface area contributed by atoms with Crippen LogP contribution in [0.1, 0.15) is 19.8 Å². The highest BCUT2D eigenvalue weighted by Crippen LogP contribution is 2.23. The number of hydrogen-bond acceptors (Lipinski definition) is 8. The molecule has 11 heteroatoms. The summed E-state index contributed by atoms with van der Waals surface area (Å²) in [6.45, 7) is 6.59. The van der Waals surface area contributed by atoms with Crippen LogP contribution in [0.25, 0.3) is 16.9 Å². The number of allylic oxidation sites excluding steroid dienone is 2. The Labute approximate surface area is 232 Å². The second-order valence-electron chi connectivity index (χ2n) is 10.2. The average Bonchev–Trinajstić information content (AvgIpc) is 3.23. The van der Waals surface area contributed by atoms with Crippen molar-refractivity contribution in [3.8, 4) is 5.82 Å². The summed E-state index contributed by atoms with van der Waals surface area (Å²) in [5.41, 5.74) is 2.29. The van der Waals surface area contributed by atoms with E-state index in [9.17, 15) is 9.59 Å². The van der Waals surface area contributed by atoms with Gasteiger partial charge >= 0.3 is 0 Å². The van der Waals surface area contributed by atoms with E-state index in [-0.39, 0.29) is 11.5 Å². The van der Waals surface area contributed by atoms with Crippen LogP contribution < -0.4 is 20.7 Å². The van der Waals surface area contributed by atoms with E-state index in [1.54, 1.807) is 27.4 Å². The second-order valence-corrected chi connectivity index (χ2v) is 10.2. The monoisotopic (exact) mass is 539 g/mol. The molecule has 206 valence electrons. The molecule has 0 spiro atoms. The van der Waals surface area contributed by atoms with Gasteiger partial charge in [0.1, 0.15) is 11.2 Å². The Morgan fingerprint density at radius 2 is 1.70 bits per heavy atom. The Balaban J connectivity index is 1.37. The molecule has 0 unspecified atom stereocenters. The molecule has 1 aromatic carbocycles. The average molecular weight is 540 g/mol. The normalized spacial score (nSPS) is 17.1. The van der Waals surface area contributed by atoms with Crippen LogP contribution in [-0.4, -0.2) is 74.9 Å². The maximum Gasteiger partial charge on any atom is 0.278 e. The third-order valence-electron chi connectivity index (χ3n) is 7.46. The minimum atomic E-state index is -0.199. The first-order valence-corrected chi connectivity index (χ1v) is 13.7. The molecule has 0 radical (unpaired) electrons. The zero-order valence-electron chi connectivity index (χ0n) is 22.8. The number of pyridine rings is 1. The van der Waals surface area contributed by atoms with E-state index in [1.807, 2.05) is 42.5 Å². The van der Waals surface area contributed by atoms with Crippen molar-refractivity contribution in [3.05, 3.63) is 71.2 Å². The summed E-state index contributed by atoms with van der Waals surface area (Å²) in [5, 5.41) is 3.68. The number of aromatic nitrogens is 5. The summed E-state index contributed by atoms with van der Waals surface area (Å²) in [6, 6.07) is 13.7. The number of nitrogens with zero attached hydrogens (tertiary/aromatic N) is 8. The lowest BCUT2D eigenvalue weighted by Crippen LogP contribution is -2.44. The molecule has 2 aliphatic heterocycles. The number of amides is 1. The lowest BCUT2D eigenvalue weighted by molar-refractivity contribution is -0.116. The number of likely N-dealkylation sites (N-methyl/N-ethyl adjacent to an activating group) is 1. The van der Waals surface area contributed by atoms with Crippen LogP contribution in [0.3, 0.4) is 0 Å². The maximum atomic E-state index is 13.4. The fraction of sp³-hybridized carbons (Fsp3) is 0.345. The lowest BCUT2D eigenvalue weighted by Gasteiger charge is -2.34. The van der Waals surface area contributed by atoms with Gasteiger partial charge in [0, 0.05) is 57.2 Å². The van der Waals surface area contributed by atoms with Gasteiger partial charge < -0.3 is 15.1 Å². The second kappa shape index (κ2) is 10.9. The quantitative estimate of drug-likeness (QED) is 0.396. The van der Waals surface area contributed by atoms with Crippen LogP contribution in [0, 0.1) is 0 Å². The standard InChI is InChI=1S/C29H33N9O2/c1-21(39)36-14-5-3-4-6-15-37-28(40)24-20-30-29(33-27(24)38(37)26-9-7-8-25(36)32-26)31-22-10-12-23(13-11-22)35-18-16-34(2)17-19-35/h4,6-13,20H,3,5,14-19H2,1-2H3,(H,30,31,33)/b6-4+. The van der Waals surface area contributed by atoms with E-state index < -0.39 is 0 Å². The number of fused-ring (bicyclic) bond motifs is 6. The van der Waals surface area contributed by atoms with Crippen molar-refractivity contribution >= 4 is 40.1 Å². The molecular formula is C29H33N9O2. The third kappa shape index (κ3) is 5.07. The summed E-state index contributed by atoms with van der Waals surface area (Å²) in [4.78, 5) is 46.2. The van der Waals surface area contributed by atoms with Gasteiger partial charge in [-0.1, -0.05) is 18.2 Å². The van der Waals surface area contributed by atoms with Crippen molar-refractivity contribution in [1.82, 2.24) is 29.2 Å². The fourth-order valence-electron chi connectivity index (χ4n) is 5.21. The highest BCUT2D eigenvalue weighted by Gasteiger charge is 2.20. The van der Waals surface area contributed by atoms with E-state index >= 15 is 0 Å². The van der Waals surface area contributed by atoms with Crippen molar-refractivity contribution in [2.24, 2.45) is 0 Å². The molecule has 1 N–H and O–H groups in total. The van der Waals surface area contributed by atoms with Crippen LogP contribution in [0.15, 0.2) is 65.6 Å². The van der Waals surface area contributed by atoms with Gasteiger partial charge in [-0.05, 0) is 56.3 Å². The first kappa shape index (κ1) is 25.8. The molecule has 11 nitrogen and oxygen atoms in total. The van der Waals surface area contributed by atoms with Crippen LogP contribution in [0.4, 0.5) is 23.1 Å². The van der Waals surface area contributed by atoms with Crippen molar-refractivity contribution < 1.29 is 4.79 Å². The molecule has 0 atom stereocenters. The van der Waals surface area contributed by atoms with Crippen LogP contribution in [-0.2, 0) is 11.3 Å². The predicted molar refractivity (Wildman–Crippen MR) is 157 cm³/mol. The summed E-state index contributed by atoms with van der Waals surface area (Å²) in [6.07, 6.45) is 7.16. The molecule has 0 saturated carbocycles. The first-order chi connectivity index (χ1) is 19.5. The number of rotatable bonds is 3. The first-order valence-electron chi connectivity index (χ1n) is 13.7. The Bertz CT molecular complexity index is 1620. The molecule has 1 fully saturated rings. The van der Waals surface area contributed by atoms with Gasteiger partial charge in [0.05, 0.1) is 6.54 Å². The molecule has 2 aliphatic rings. The van der Waals surface area contributed by atoms with E-state index in [0.29, 0.717) is 41.7 Å². The molecule has 3 aromatic heterocycles. The van der Waals surface area contributed by atoms with Gasteiger partial charge in [-0.3, -0.25) is 14.5 Å². The van der Waals surface area contributed by atoms with Gasteiger partial charge in [-0.2, -0.15) is 4.98 Å². The van der Waals surface area contributed by atoms with Gasteiger partial charge in [-0.25, -0.2) is 19.3 Å². The smallest absolute Gasteiger partial charge is 0.278 e. The molecule has 6 rings (SSSR count). The molecule has 4 aromatic rings. The summed E-state index contributed by atoms with van der Waals surface area (Å²) >= 11 is 0. The van der Waals surface area contributed by atoms with E-state index in [4.69, 9.17) is 9.97 Å². The number of carbonyl (C=O) groups excluding carboxylic acids is 1. The number of hydrogen-bond donors (Lipinski definition) is 1. The highest BCUT2D eigenvalue weighted by atomic mass is 16.2. The molecule has 0 aliphatic carbocycles. The number of nitrogens with one attached hydrogen (secondary N) is 1. The molecule has 1 amide bonds. The zero-order chi connectivity index (χ0) is 27.6. The molecule has 1 saturated heterocycles. The lowest BCUT2D eigenvalue weighted by atomic mass is 10.2. The molecule has 5 heterocycles. The Morgan fingerprint density at radius 1 is 0.925 bits per heavy atom. The number of benzene rings is 1.